The van der Waals surface area contributed by atoms with Gasteiger partial charge in [-0.15, -0.1) is 0 Å². The lowest BCUT2D eigenvalue weighted by Gasteiger charge is -2.24. The zero-order valence-electron chi connectivity index (χ0n) is 12.8. The number of benzene rings is 1. The van der Waals surface area contributed by atoms with E-state index in [4.69, 9.17) is 4.74 Å². The quantitative estimate of drug-likeness (QED) is 0.913. The zero-order chi connectivity index (χ0) is 15.9. The monoisotopic (exact) mass is 301 g/mol. The van der Waals surface area contributed by atoms with Gasteiger partial charge >= 0.3 is 0 Å². The van der Waals surface area contributed by atoms with Gasteiger partial charge in [0.1, 0.15) is 11.6 Å². The molecule has 0 aliphatic carbocycles. The highest BCUT2D eigenvalue weighted by molar-refractivity contribution is 5.94. The van der Waals surface area contributed by atoms with Crippen molar-refractivity contribution in [2.45, 2.75) is 32.2 Å². The van der Waals surface area contributed by atoms with Gasteiger partial charge in [-0.3, -0.25) is 19.4 Å². The summed E-state index contributed by atoms with van der Waals surface area (Å²) >= 11 is 0. The molecule has 1 unspecified atom stereocenters. The van der Waals surface area contributed by atoms with E-state index in [9.17, 15) is 9.59 Å². The van der Waals surface area contributed by atoms with Crippen LogP contribution in [0.2, 0.25) is 0 Å². The average molecular weight is 301 g/mol. The van der Waals surface area contributed by atoms with Gasteiger partial charge in [-0.1, -0.05) is 12.1 Å². The number of rotatable bonds is 3. The second kappa shape index (κ2) is 5.36. The zero-order valence-corrected chi connectivity index (χ0v) is 12.8. The van der Waals surface area contributed by atoms with E-state index in [0.717, 1.165) is 11.3 Å². The largest absolute Gasteiger partial charge is 0.497 e. The third-order valence-electron chi connectivity index (χ3n) is 3.99. The van der Waals surface area contributed by atoms with Gasteiger partial charge in [0.2, 0.25) is 5.91 Å². The molecule has 6 nitrogen and oxygen atoms in total. The fourth-order valence-corrected chi connectivity index (χ4v) is 2.89. The van der Waals surface area contributed by atoms with Gasteiger partial charge in [0.15, 0.2) is 0 Å². The SMILES string of the molecule is COc1ccc(C2CC(=O)Nc3c2c(=O)[nH]n3C(C)C)cc1. The number of anilines is 1. The number of nitrogens with zero attached hydrogens (tertiary/aromatic N) is 1. The number of ether oxygens (including phenoxy) is 1. The first-order valence-corrected chi connectivity index (χ1v) is 7.29. The maximum atomic E-state index is 12.4. The lowest BCUT2D eigenvalue weighted by atomic mass is 9.87. The van der Waals surface area contributed by atoms with Crippen LogP contribution in [0.3, 0.4) is 0 Å². The van der Waals surface area contributed by atoms with Crippen molar-refractivity contribution in [2.75, 3.05) is 12.4 Å². The average Bonchev–Trinajstić information content (AvgIpc) is 2.84. The van der Waals surface area contributed by atoms with Gasteiger partial charge in [0.25, 0.3) is 5.56 Å². The van der Waals surface area contributed by atoms with Crippen molar-refractivity contribution < 1.29 is 9.53 Å². The molecule has 2 heterocycles. The van der Waals surface area contributed by atoms with Crippen LogP contribution >= 0.6 is 0 Å². The minimum absolute atomic E-state index is 0.0615. The molecule has 1 aliphatic heterocycles. The number of fused-ring (bicyclic) bond motifs is 1. The molecule has 3 rings (SSSR count). The van der Waals surface area contributed by atoms with E-state index >= 15 is 0 Å². The van der Waals surface area contributed by atoms with E-state index in [2.05, 4.69) is 10.4 Å². The molecule has 116 valence electrons. The van der Waals surface area contributed by atoms with Gasteiger partial charge < -0.3 is 10.1 Å². The third-order valence-corrected chi connectivity index (χ3v) is 3.99. The van der Waals surface area contributed by atoms with Crippen molar-refractivity contribution in [1.82, 2.24) is 9.78 Å². The first-order chi connectivity index (χ1) is 10.5. The topological polar surface area (TPSA) is 76.1 Å². The van der Waals surface area contributed by atoms with Crippen LogP contribution in [0.15, 0.2) is 29.1 Å². The molecule has 0 bridgehead atoms. The lowest BCUT2D eigenvalue weighted by molar-refractivity contribution is -0.116. The standard InChI is InChI=1S/C16H19N3O3/c1-9(2)19-15-14(16(21)18-19)12(8-13(20)17-15)10-4-6-11(22-3)7-5-10/h4-7,9,12H,8H2,1-3H3,(H,17,20)(H,18,21). The first kappa shape index (κ1) is 14.4. The molecule has 0 spiro atoms. The van der Waals surface area contributed by atoms with Gasteiger partial charge in [0.05, 0.1) is 12.7 Å². The van der Waals surface area contributed by atoms with Gasteiger partial charge in [-0.05, 0) is 31.5 Å². The Morgan fingerprint density at radius 2 is 1.91 bits per heavy atom. The Hall–Kier alpha value is -2.50. The number of carbonyl (C=O) groups excluding carboxylic acids is 1. The summed E-state index contributed by atoms with van der Waals surface area (Å²) in [6, 6.07) is 7.55. The molecular formula is C16H19N3O3. The van der Waals surface area contributed by atoms with E-state index in [1.165, 1.54) is 0 Å². The minimum Gasteiger partial charge on any atom is -0.497 e. The smallest absolute Gasteiger partial charge is 0.270 e. The first-order valence-electron chi connectivity index (χ1n) is 7.29. The van der Waals surface area contributed by atoms with Gasteiger partial charge in [-0.2, -0.15) is 0 Å². The number of amides is 1. The summed E-state index contributed by atoms with van der Waals surface area (Å²) in [6.45, 7) is 3.92. The molecular weight excluding hydrogens is 282 g/mol. The van der Waals surface area contributed by atoms with Crippen LogP contribution in [-0.2, 0) is 4.79 Å². The molecule has 1 amide bonds. The summed E-state index contributed by atoms with van der Waals surface area (Å²) in [5, 5.41) is 5.64. The molecule has 1 aliphatic rings. The van der Waals surface area contributed by atoms with Crippen LogP contribution < -0.4 is 15.6 Å². The highest BCUT2D eigenvalue weighted by Crippen LogP contribution is 2.36. The molecule has 22 heavy (non-hydrogen) atoms. The van der Waals surface area contributed by atoms with E-state index in [1.807, 2.05) is 38.1 Å². The van der Waals surface area contributed by atoms with Crippen molar-refractivity contribution in [2.24, 2.45) is 0 Å². The highest BCUT2D eigenvalue weighted by atomic mass is 16.5. The predicted molar refractivity (Wildman–Crippen MR) is 83.5 cm³/mol. The number of carbonyl (C=O) groups is 1. The number of aromatic amines is 1. The van der Waals surface area contributed by atoms with Crippen molar-refractivity contribution >= 4 is 11.7 Å². The van der Waals surface area contributed by atoms with Crippen LogP contribution in [0.25, 0.3) is 0 Å². The summed E-state index contributed by atoms with van der Waals surface area (Å²) in [4.78, 5) is 24.4. The molecule has 1 aromatic heterocycles. The molecule has 0 saturated carbocycles. The van der Waals surface area contributed by atoms with Crippen molar-refractivity contribution in [3.63, 3.8) is 0 Å². The van der Waals surface area contributed by atoms with Crippen LogP contribution in [-0.4, -0.2) is 22.8 Å². The number of methoxy groups -OCH3 is 1. The number of nitrogens with one attached hydrogen (secondary N) is 2. The summed E-state index contributed by atoms with van der Waals surface area (Å²) < 4.78 is 6.87. The molecule has 6 heteroatoms. The van der Waals surface area contributed by atoms with Crippen molar-refractivity contribution in [3.8, 4) is 5.75 Å². The number of hydrogen-bond acceptors (Lipinski definition) is 3. The summed E-state index contributed by atoms with van der Waals surface area (Å²) in [6.07, 6.45) is 0.268. The molecule has 2 N–H and O–H groups in total. The van der Waals surface area contributed by atoms with E-state index in [1.54, 1.807) is 11.8 Å². The second-order valence-corrected chi connectivity index (χ2v) is 5.75. The number of hydrogen-bond donors (Lipinski definition) is 2. The molecule has 2 aromatic rings. The minimum atomic E-state index is -0.238. The summed E-state index contributed by atoms with van der Waals surface area (Å²) in [5.74, 6) is 1.01. The molecule has 0 saturated heterocycles. The Bertz CT molecular complexity index is 756. The third kappa shape index (κ3) is 2.30. The predicted octanol–water partition coefficient (Wildman–Crippen LogP) is 2.24. The summed E-state index contributed by atoms with van der Waals surface area (Å²) in [7, 11) is 1.61. The van der Waals surface area contributed by atoms with Crippen LogP contribution in [0, 0.1) is 0 Å². The van der Waals surface area contributed by atoms with Crippen LogP contribution in [0.1, 0.15) is 43.4 Å². The van der Waals surface area contributed by atoms with E-state index < -0.39 is 0 Å². The van der Waals surface area contributed by atoms with Gasteiger partial charge in [-0.25, -0.2) is 0 Å². The van der Waals surface area contributed by atoms with Crippen LogP contribution in [0.5, 0.6) is 5.75 Å². The molecule has 1 aromatic carbocycles. The summed E-state index contributed by atoms with van der Waals surface area (Å²) in [5.41, 5.74) is 1.41. The fourth-order valence-electron chi connectivity index (χ4n) is 2.89. The maximum Gasteiger partial charge on any atom is 0.270 e. The fraction of sp³-hybridized carbons (Fsp3) is 0.375. The van der Waals surface area contributed by atoms with Crippen molar-refractivity contribution in [1.29, 1.82) is 0 Å². The second-order valence-electron chi connectivity index (χ2n) is 5.75. The Kier molecular flexibility index (Phi) is 3.52. The molecule has 0 radical (unpaired) electrons. The van der Waals surface area contributed by atoms with Crippen molar-refractivity contribution in [3.05, 3.63) is 45.7 Å². The molecule has 0 fully saturated rings. The Labute approximate surface area is 128 Å². The van der Waals surface area contributed by atoms with E-state index in [0.29, 0.717) is 11.4 Å². The number of H-pyrrole nitrogens is 1. The normalized spacial score (nSPS) is 17.3. The molecule has 1 atom stereocenters. The highest BCUT2D eigenvalue weighted by Gasteiger charge is 2.32. The lowest BCUT2D eigenvalue weighted by Crippen LogP contribution is -2.27. The Balaban J connectivity index is 2.11. The Morgan fingerprint density at radius 1 is 1.23 bits per heavy atom. The Morgan fingerprint density at radius 3 is 2.50 bits per heavy atom. The van der Waals surface area contributed by atoms with Gasteiger partial charge in [0, 0.05) is 18.4 Å². The maximum absolute atomic E-state index is 12.4. The van der Waals surface area contributed by atoms with Crippen LogP contribution in [0.4, 0.5) is 5.82 Å². The van der Waals surface area contributed by atoms with E-state index in [-0.39, 0.29) is 29.8 Å². The number of aromatic nitrogens is 2.